The number of fused-ring (bicyclic) bond motifs is 1. The maximum atomic E-state index is 7.04. The minimum atomic E-state index is -1.72. The molecule has 0 radical (unpaired) electrons. The van der Waals surface area contributed by atoms with Crippen LogP contribution in [0.5, 0.6) is 0 Å². The molecule has 2 nitrogen and oxygen atoms in total. The molecule has 1 aromatic carbocycles. The van der Waals surface area contributed by atoms with E-state index in [4.69, 9.17) is 9.16 Å². The summed E-state index contributed by atoms with van der Waals surface area (Å²) >= 11 is 0. The van der Waals surface area contributed by atoms with Gasteiger partial charge in [-0.15, -0.1) is 0 Å². The Balaban J connectivity index is 1.55. The van der Waals surface area contributed by atoms with Crippen molar-refractivity contribution in [3.8, 4) is 0 Å². The van der Waals surface area contributed by atoms with Crippen molar-refractivity contribution in [3.05, 3.63) is 35.9 Å². The first kappa shape index (κ1) is 26.0. The van der Waals surface area contributed by atoms with Crippen LogP contribution < -0.4 is 0 Å². The molecule has 0 aliphatic heterocycles. The second-order valence-electron chi connectivity index (χ2n) is 12.8. The van der Waals surface area contributed by atoms with E-state index in [0.717, 1.165) is 30.8 Å². The average molecular weight is 459 g/mol. The Morgan fingerprint density at radius 2 is 1.72 bits per heavy atom. The van der Waals surface area contributed by atoms with E-state index in [1.807, 2.05) is 0 Å². The van der Waals surface area contributed by atoms with Gasteiger partial charge >= 0.3 is 0 Å². The first-order chi connectivity index (χ1) is 14.9. The highest BCUT2D eigenvalue weighted by atomic mass is 28.4. The van der Waals surface area contributed by atoms with Gasteiger partial charge in [0.05, 0.1) is 12.7 Å². The topological polar surface area (TPSA) is 18.5 Å². The molecule has 0 bridgehead atoms. The van der Waals surface area contributed by atoms with Gasteiger partial charge in [0.15, 0.2) is 8.32 Å². The molecule has 2 saturated carbocycles. The Morgan fingerprint density at radius 3 is 2.38 bits per heavy atom. The highest BCUT2D eigenvalue weighted by Gasteiger charge is 2.54. The summed E-state index contributed by atoms with van der Waals surface area (Å²) in [6.45, 7) is 20.1. The fourth-order valence-corrected chi connectivity index (χ4v) is 7.78. The van der Waals surface area contributed by atoms with Crippen LogP contribution in [-0.4, -0.2) is 20.5 Å². The molecule has 0 amide bonds. The van der Waals surface area contributed by atoms with E-state index in [-0.39, 0.29) is 0 Å². The lowest BCUT2D eigenvalue weighted by atomic mass is 9.61. The van der Waals surface area contributed by atoms with Crippen LogP contribution >= 0.6 is 0 Å². The van der Waals surface area contributed by atoms with Gasteiger partial charge in [-0.1, -0.05) is 71.4 Å². The van der Waals surface area contributed by atoms with Crippen LogP contribution in [0.25, 0.3) is 0 Å². The van der Waals surface area contributed by atoms with Crippen LogP contribution in [0.15, 0.2) is 30.3 Å². The summed E-state index contributed by atoms with van der Waals surface area (Å²) < 4.78 is 13.2. The molecule has 2 unspecified atom stereocenters. The predicted molar refractivity (Wildman–Crippen MR) is 139 cm³/mol. The molecule has 2 aliphatic rings. The van der Waals surface area contributed by atoms with Gasteiger partial charge in [0, 0.05) is 6.10 Å². The predicted octanol–water partition coefficient (Wildman–Crippen LogP) is 8.61. The summed E-state index contributed by atoms with van der Waals surface area (Å²) in [5, 5.41) is 0.294. The van der Waals surface area contributed by atoms with Crippen LogP contribution in [-0.2, 0) is 15.8 Å². The second kappa shape index (κ2) is 10.3. The van der Waals surface area contributed by atoms with E-state index < -0.39 is 8.32 Å². The van der Waals surface area contributed by atoms with E-state index in [9.17, 15) is 0 Å². The molecular weight excluding hydrogens is 408 g/mol. The summed E-state index contributed by atoms with van der Waals surface area (Å²) in [4.78, 5) is 0. The quantitative estimate of drug-likeness (QED) is 0.345. The smallest absolute Gasteiger partial charge is 0.192 e. The van der Waals surface area contributed by atoms with Crippen molar-refractivity contribution in [1.82, 2.24) is 0 Å². The molecule has 6 atom stereocenters. The summed E-state index contributed by atoms with van der Waals surface area (Å²) in [6, 6.07) is 10.6. The fourth-order valence-electron chi connectivity index (χ4n) is 6.39. The largest absolute Gasteiger partial charge is 0.414 e. The molecule has 2 fully saturated rings. The van der Waals surface area contributed by atoms with Crippen molar-refractivity contribution in [2.75, 3.05) is 0 Å². The number of hydrogen-bond acceptors (Lipinski definition) is 2. The van der Waals surface area contributed by atoms with E-state index in [1.54, 1.807) is 0 Å². The van der Waals surface area contributed by atoms with Crippen molar-refractivity contribution in [2.24, 2.45) is 23.2 Å². The van der Waals surface area contributed by atoms with Gasteiger partial charge < -0.3 is 9.16 Å². The van der Waals surface area contributed by atoms with Gasteiger partial charge in [-0.05, 0) is 92.3 Å². The van der Waals surface area contributed by atoms with Crippen LogP contribution in [0, 0.1) is 23.2 Å². The Hall–Kier alpha value is -0.643. The fraction of sp³-hybridized carbons (Fsp3) is 0.793. The lowest BCUT2D eigenvalue weighted by molar-refractivity contribution is -0.0237. The molecular formula is C29H50O2Si. The van der Waals surface area contributed by atoms with Gasteiger partial charge in [-0.2, -0.15) is 0 Å². The molecule has 3 heteroatoms. The maximum Gasteiger partial charge on any atom is 0.192 e. The monoisotopic (exact) mass is 458 g/mol. The van der Waals surface area contributed by atoms with Gasteiger partial charge in [0.1, 0.15) is 0 Å². The summed E-state index contributed by atoms with van der Waals surface area (Å²) in [6.07, 6.45) is 10.0. The highest BCUT2D eigenvalue weighted by Crippen LogP contribution is 2.59. The van der Waals surface area contributed by atoms with Crippen molar-refractivity contribution >= 4 is 8.32 Å². The summed E-state index contributed by atoms with van der Waals surface area (Å²) in [5.41, 5.74) is 1.73. The number of ether oxygens (including phenoxy) is 1. The first-order valence-corrected chi connectivity index (χ1v) is 16.2. The molecule has 182 valence electrons. The minimum absolute atomic E-state index is 0.294. The molecule has 0 spiro atoms. The van der Waals surface area contributed by atoms with Crippen LogP contribution in [0.3, 0.4) is 0 Å². The minimum Gasteiger partial charge on any atom is -0.414 e. The SMILES string of the molecule is CC(CCC(C)[C@H]1CC[C@H]2[C@@H](O[Si](C)(C)C(C)(C)C)CCC[C@]12C)OCc1ccccc1. The lowest BCUT2D eigenvalue weighted by Gasteiger charge is -2.50. The Morgan fingerprint density at radius 1 is 1.03 bits per heavy atom. The molecule has 1 aromatic rings. The van der Waals surface area contributed by atoms with Crippen LogP contribution in [0.1, 0.15) is 92.1 Å². The van der Waals surface area contributed by atoms with Crippen LogP contribution in [0.4, 0.5) is 0 Å². The van der Waals surface area contributed by atoms with Gasteiger partial charge in [0.25, 0.3) is 0 Å². The van der Waals surface area contributed by atoms with Gasteiger partial charge in [-0.25, -0.2) is 0 Å². The lowest BCUT2D eigenvalue weighted by Crippen LogP contribution is -2.50. The zero-order valence-electron chi connectivity index (χ0n) is 22.2. The zero-order valence-corrected chi connectivity index (χ0v) is 23.2. The third-order valence-corrected chi connectivity index (χ3v) is 14.0. The number of rotatable bonds is 9. The van der Waals surface area contributed by atoms with Crippen molar-refractivity contribution in [3.63, 3.8) is 0 Å². The Labute approximate surface area is 200 Å². The molecule has 2 aliphatic carbocycles. The van der Waals surface area contributed by atoms with E-state index in [1.165, 1.54) is 44.1 Å². The average Bonchev–Trinajstić information content (AvgIpc) is 3.08. The van der Waals surface area contributed by atoms with Gasteiger partial charge in [0.2, 0.25) is 0 Å². The molecule has 0 heterocycles. The van der Waals surface area contributed by atoms with Gasteiger partial charge in [-0.3, -0.25) is 0 Å². The van der Waals surface area contributed by atoms with E-state index >= 15 is 0 Å². The molecule has 32 heavy (non-hydrogen) atoms. The first-order valence-electron chi connectivity index (χ1n) is 13.3. The van der Waals surface area contributed by atoms with E-state index in [0.29, 0.717) is 22.7 Å². The second-order valence-corrected chi connectivity index (χ2v) is 17.5. The Kier molecular flexibility index (Phi) is 8.37. The Bertz CT molecular complexity index is 710. The molecule has 3 rings (SSSR count). The summed E-state index contributed by atoms with van der Waals surface area (Å²) in [5.74, 6) is 2.35. The van der Waals surface area contributed by atoms with Crippen molar-refractivity contribution < 1.29 is 9.16 Å². The molecule has 0 saturated heterocycles. The van der Waals surface area contributed by atoms with Crippen molar-refractivity contribution in [1.29, 1.82) is 0 Å². The number of hydrogen-bond donors (Lipinski definition) is 0. The normalized spacial score (nSPS) is 30.7. The third-order valence-electron chi connectivity index (χ3n) is 9.48. The summed E-state index contributed by atoms with van der Waals surface area (Å²) in [7, 11) is -1.72. The standard InChI is InChI=1S/C29H50O2Si/c1-22(16-17-23(2)30-21-24-13-10-9-11-14-24)25-18-19-26-27(15-12-20-29(25,26)6)31-32(7,8)28(3,4)5/h9-11,13-14,22-23,25-27H,12,15-21H2,1-8H3/t22?,23?,25-,26+,27+,29-/m1/s1. The third kappa shape index (κ3) is 5.88. The molecule has 0 N–H and O–H groups in total. The van der Waals surface area contributed by atoms with Crippen LogP contribution in [0.2, 0.25) is 18.1 Å². The van der Waals surface area contributed by atoms with E-state index in [2.05, 4.69) is 85.0 Å². The van der Waals surface area contributed by atoms with Crippen molar-refractivity contribution in [2.45, 2.75) is 123 Å². The number of benzene rings is 1. The highest BCUT2D eigenvalue weighted by molar-refractivity contribution is 6.74. The maximum absolute atomic E-state index is 7.04. The molecule has 0 aromatic heterocycles. The zero-order chi connectivity index (χ0) is 23.6.